The summed E-state index contributed by atoms with van der Waals surface area (Å²) in [6.45, 7) is 12.2. The van der Waals surface area contributed by atoms with Crippen LogP contribution >= 0.6 is 24.0 Å². The molecule has 1 aromatic carbocycles. The number of rotatable bonds is 9. The molecule has 0 radical (unpaired) electrons. The van der Waals surface area contributed by atoms with Crippen LogP contribution in [0.25, 0.3) is 0 Å². The standard InChI is InChI=1S/C19H34N4O.HI/c1-15(2)23(16(3)4)11-10-21-19(20-5)22-13-17-8-7-9-18(12-17)14-24-6;/h7-9,12,15-16H,10-11,13-14H2,1-6H3,(H2,20,21,22);1H. The van der Waals surface area contributed by atoms with E-state index in [1.54, 1.807) is 14.2 Å². The average Bonchev–Trinajstić information content (AvgIpc) is 2.54. The molecule has 0 aromatic heterocycles. The van der Waals surface area contributed by atoms with Gasteiger partial charge in [-0.1, -0.05) is 24.3 Å². The fourth-order valence-corrected chi connectivity index (χ4v) is 2.82. The Morgan fingerprint density at radius 2 is 1.76 bits per heavy atom. The lowest BCUT2D eigenvalue weighted by Gasteiger charge is -2.30. The predicted octanol–water partition coefficient (Wildman–Crippen LogP) is 3.23. The van der Waals surface area contributed by atoms with Gasteiger partial charge in [-0.15, -0.1) is 24.0 Å². The number of nitrogens with zero attached hydrogens (tertiary/aromatic N) is 2. The van der Waals surface area contributed by atoms with E-state index in [4.69, 9.17) is 4.74 Å². The Bertz CT molecular complexity index is 498. The van der Waals surface area contributed by atoms with Crippen molar-refractivity contribution in [3.63, 3.8) is 0 Å². The molecule has 0 spiro atoms. The Hall–Kier alpha value is -0.860. The zero-order chi connectivity index (χ0) is 17.9. The van der Waals surface area contributed by atoms with E-state index < -0.39 is 0 Å². The fourth-order valence-electron chi connectivity index (χ4n) is 2.82. The molecule has 0 aliphatic rings. The zero-order valence-electron chi connectivity index (χ0n) is 16.5. The molecule has 0 aliphatic heterocycles. The molecular weight excluding hydrogens is 427 g/mol. The summed E-state index contributed by atoms with van der Waals surface area (Å²) in [6, 6.07) is 9.49. The second-order valence-corrected chi connectivity index (χ2v) is 6.53. The molecule has 0 aliphatic carbocycles. The minimum atomic E-state index is 0. The van der Waals surface area contributed by atoms with Crippen LogP contribution in [0.1, 0.15) is 38.8 Å². The second-order valence-electron chi connectivity index (χ2n) is 6.53. The van der Waals surface area contributed by atoms with Crippen molar-refractivity contribution < 1.29 is 4.74 Å². The lowest BCUT2D eigenvalue weighted by atomic mass is 10.1. The Balaban J connectivity index is 0.00000576. The highest BCUT2D eigenvalue weighted by atomic mass is 127. The van der Waals surface area contributed by atoms with Crippen LogP contribution in [0, 0.1) is 0 Å². The van der Waals surface area contributed by atoms with E-state index in [1.165, 1.54) is 11.1 Å². The minimum Gasteiger partial charge on any atom is -0.380 e. The number of benzene rings is 1. The Morgan fingerprint density at radius 1 is 1.12 bits per heavy atom. The summed E-state index contributed by atoms with van der Waals surface area (Å²) in [7, 11) is 3.52. The molecule has 0 unspecified atom stereocenters. The number of ether oxygens (including phenoxy) is 1. The van der Waals surface area contributed by atoms with Crippen LogP contribution in [0.3, 0.4) is 0 Å². The molecule has 1 rings (SSSR count). The summed E-state index contributed by atoms with van der Waals surface area (Å²) in [4.78, 5) is 6.77. The van der Waals surface area contributed by atoms with Crippen LogP contribution in [0.2, 0.25) is 0 Å². The van der Waals surface area contributed by atoms with Gasteiger partial charge in [-0.3, -0.25) is 9.89 Å². The van der Waals surface area contributed by atoms with Crippen molar-refractivity contribution in [2.75, 3.05) is 27.2 Å². The normalized spacial score (nSPS) is 11.8. The van der Waals surface area contributed by atoms with Gasteiger partial charge in [-0.2, -0.15) is 0 Å². The average molecular weight is 462 g/mol. The molecule has 25 heavy (non-hydrogen) atoms. The zero-order valence-corrected chi connectivity index (χ0v) is 18.8. The van der Waals surface area contributed by atoms with Crippen molar-refractivity contribution in [1.82, 2.24) is 15.5 Å². The molecule has 144 valence electrons. The Morgan fingerprint density at radius 3 is 2.32 bits per heavy atom. The first-order valence-electron chi connectivity index (χ1n) is 8.75. The monoisotopic (exact) mass is 462 g/mol. The molecule has 0 heterocycles. The van der Waals surface area contributed by atoms with Crippen LogP contribution in [0.4, 0.5) is 0 Å². The smallest absolute Gasteiger partial charge is 0.191 e. The van der Waals surface area contributed by atoms with Gasteiger partial charge in [0, 0.05) is 45.9 Å². The topological polar surface area (TPSA) is 48.9 Å². The van der Waals surface area contributed by atoms with E-state index in [0.29, 0.717) is 18.7 Å². The first kappa shape index (κ1) is 24.1. The maximum Gasteiger partial charge on any atom is 0.191 e. The summed E-state index contributed by atoms with van der Waals surface area (Å²) < 4.78 is 5.18. The first-order chi connectivity index (χ1) is 11.5. The lowest BCUT2D eigenvalue weighted by molar-refractivity contribution is 0.178. The van der Waals surface area contributed by atoms with E-state index in [2.05, 4.69) is 72.5 Å². The molecule has 0 bridgehead atoms. The molecule has 1 aromatic rings. The highest BCUT2D eigenvalue weighted by Crippen LogP contribution is 2.06. The molecule has 0 saturated heterocycles. The van der Waals surface area contributed by atoms with Crippen LogP contribution in [0.5, 0.6) is 0 Å². The Labute approximate surface area is 170 Å². The van der Waals surface area contributed by atoms with Gasteiger partial charge in [0.1, 0.15) is 0 Å². The number of nitrogens with one attached hydrogen (secondary N) is 2. The van der Waals surface area contributed by atoms with Crippen molar-refractivity contribution in [3.8, 4) is 0 Å². The summed E-state index contributed by atoms with van der Waals surface area (Å²) >= 11 is 0. The number of methoxy groups -OCH3 is 1. The molecule has 5 nitrogen and oxygen atoms in total. The van der Waals surface area contributed by atoms with Crippen molar-refractivity contribution in [3.05, 3.63) is 35.4 Å². The largest absolute Gasteiger partial charge is 0.380 e. The van der Waals surface area contributed by atoms with E-state index in [1.807, 2.05) is 0 Å². The van der Waals surface area contributed by atoms with Crippen molar-refractivity contribution in [2.45, 2.75) is 52.9 Å². The predicted molar refractivity (Wildman–Crippen MR) is 118 cm³/mol. The number of hydrogen-bond acceptors (Lipinski definition) is 3. The molecule has 0 amide bonds. The number of hydrogen-bond donors (Lipinski definition) is 2. The summed E-state index contributed by atoms with van der Waals surface area (Å²) in [5.74, 6) is 0.833. The van der Waals surface area contributed by atoms with Gasteiger partial charge in [0.05, 0.1) is 6.61 Å². The molecule has 2 N–H and O–H groups in total. The third kappa shape index (κ3) is 9.42. The molecule has 6 heteroatoms. The number of guanidine groups is 1. The number of halogens is 1. The maximum absolute atomic E-state index is 5.18. The van der Waals surface area contributed by atoms with Crippen LogP contribution in [-0.2, 0) is 17.9 Å². The summed E-state index contributed by atoms with van der Waals surface area (Å²) in [5, 5.41) is 6.76. The van der Waals surface area contributed by atoms with E-state index in [0.717, 1.165) is 25.6 Å². The third-order valence-corrected chi connectivity index (χ3v) is 3.97. The van der Waals surface area contributed by atoms with E-state index >= 15 is 0 Å². The lowest BCUT2D eigenvalue weighted by Crippen LogP contribution is -2.45. The fraction of sp³-hybridized carbons (Fsp3) is 0.632. The Kier molecular flexibility index (Phi) is 12.9. The van der Waals surface area contributed by atoms with E-state index in [-0.39, 0.29) is 24.0 Å². The quantitative estimate of drug-likeness (QED) is 0.336. The molecule has 0 atom stereocenters. The third-order valence-electron chi connectivity index (χ3n) is 3.97. The van der Waals surface area contributed by atoms with Gasteiger partial charge >= 0.3 is 0 Å². The van der Waals surface area contributed by atoms with Crippen molar-refractivity contribution in [2.24, 2.45) is 4.99 Å². The first-order valence-corrected chi connectivity index (χ1v) is 8.75. The van der Waals surface area contributed by atoms with Crippen molar-refractivity contribution in [1.29, 1.82) is 0 Å². The maximum atomic E-state index is 5.18. The molecule has 0 fully saturated rings. The number of aliphatic imine (C=N–C) groups is 1. The van der Waals surface area contributed by atoms with E-state index in [9.17, 15) is 0 Å². The van der Waals surface area contributed by atoms with Gasteiger partial charge in [-0.05, 0) is 38.8 Å². The SMILES string of the molecule is CN=C(NCCN(C(C)C)C(C)C)NCc1cccc(COC)c1.I. The van der Waals surface area contributed by atoms with Gasteiger partial charge in [0.25, 0.3) is 0 Å². The van der Waals surface area contributed by atoms with Crippen LogP contribution in [-0.4, -0.2) is 50.2 Å². The molecular formula is C19H35IN4O. The second kappa shape index (κ2) is 13.4. The van der Waals surface area contributed by atoms with Crippen LogP contribution < -0.4 is 10.6 Å². The van der Waals surface area contributed by atoms with Gasteiger partial charge in [-0.25, -0.2) is 0 Å². The van der Waals surface area contributed by atoms with Gasteiger partial charge < -0.3 is 15.4 Å². The molecule has 0 saturated carbocycles. The van der Waals surface area contributed by atoms with Gasteiger partial charge in [0.15, 0.2) is 5.96 Å². The highest BCUT2D eigenvalue weighted by molar-refractivity contribution is 14.0. The highest BCUT2D eigenvalue weighted by Gasteiger charge is 2.12. The van der Waals surface area contributed by atoms with Gasteiger partial charge in [0.2, 0.25) is 0 Å². The minimum absolute atomic E-state index is 0. The van der Waals surface area contributed by atoms with Crippen molar-refractivity contribution >= 4 is 29.9 Å². The summed E-state index contributed by atoms with van der Waals surface area (Å²) in [5.41, 5.74) is 2.41. The van der Waals surface area contributed by atoms with Crippen LogP contribution in [0.15, 0.2) is 29.3 Å². The summed E-state index contributed by atoms with van der Waals surface area (Å²) in [6.07, 6.45) is 0.